The summed E-state index contributed by atoms with van der Waals surface area (Å²) in [6, 6.07) is 26.3. The molecule has 0 spiro atoms. The molecule has 0 aliphatic carbocycles. The van der Waals surface area contributed by atoms with E-state index >= 15 is 0 Å². The van der Waals surface area contributed by atoms with E-state index in [9.17, 15) is 0 Å². The van der Waals surface area contributed by atoms with Crippen LogP contribution in [-0.4, -0.2) is 6.10 Å². The first kappa shape index (κ1) is 17.9. The lowest BCUT2D eigenvalue weighted by Gasteiger charge is -2.16. The number of hydrogen-bond acceptors (Lipinski definition) is 3. The van der Waals surface area contributed by atoms with Crippen molar-refractivity contribution in [2.45, 2.75) is 33.1 Å². The highest BCUT2D eigenvalue weighted by Gasteiger charge is 2.07. The Kier molecular flexibility index (Phi) is 6.15. The molecule has 134 valence electrons. The molecule has 3 aromatic rings. The van der Waals surface area contributed by atoms with E-state index in [1.54, 1.807) is 0 Å². The van der Waals surface area contributed by atoms with Gasteiger partial charge in [0.2, 0.25) is 0 Å². The summed E-state index contributed by atoms with van der Waals surface area (Å²) in [6.07, 6.45) is 0.151. The Labute approximate surface area is 155 Å². The molecule has 3 nitrogen and oxygen atoms in total. The van der Waals surface area contributed by atoms with Crippen LogP contribution < -0.4 is 14.8 Å². The van der Waals surface area contributed by atoms with E-state index < -0.39 is 0 Å². The lowest BCUT2D eigenvalue weighted by molar-refractivity contribution is 0.240. The van der Waals surface area contributed by atoms with Gasteiger partial charge in [-0.2, -0.15) is 0 Å². The van der Waals surface area contributed by atoms with Crippen LogP contribution in [0.2, 0.25) is 0 Å². The smallest absolute Gasteiger partial charge is 0.142 e. The SMILES string of the molecule is CC(C)Oc1ccccc1CNc1ccccc1OCc1ccccc1. The summed E-state index contributed by atoms with van der Waals surface area (Å²) in [5.74, 6) is 1.76. The number of rotatable bonds is 8. The number of para-hydroxylation sites is 3. The van der Waals surface area contributed by atoms with Crippen LogP contribution in [0.15, 0.2) is 78.9 Å². The van der Waals surface area contributed by atoms with E-state index in [4.69, 9.17) is 9.47 Å². The Hall–Kier alpha value is -2.94. The number of nitrogens with one attached hydrogen (secondary N) is 1. The number of hydrogen-bond donors (Lipinski definition) is 1. The van der Waals surface area contributed by atoms with E-state index in [0.717, 1.165) is 28.3 Å². The largest absolute Gasteiger partial charge is 0.491 e. The molecule has 0 saturated carbocycles. The summed E-state index contributed by atoms with van der Waals surface area (Å²) < 4.78 is 11.9. The van der Waals surface area contributed by atoms with Crippen molar-refractivity contribution in [2.24, 2.45) is 0 Å². The Morgan fingerprint density at radius 2 is 1.42 bits per heavy atom. The summed E-state index contributed by atoms with van der Waals surface area (Å²) >= 11 is 0. The van der Waals surface area contributed by atoms with Gasteiger partial charge in [0, 0.05) is 12.1 Å². The molecule has 0 saturated heterocycles. The maximum absolute atomic E-state index is 6.01. The van der Waals surface area contributed by atoms with Gasteiger partial charge in [-0.1, -0.05) is 60.7 Å². The Morgan fingerprint density at radius 3 is 2.19 bits per heavy atom. The van der Waals surface area contributed by atoms with Crippen molar-refractivity contribution < 1.29 is 9.47 Å². The van der Waals surface area contributed by atoms with Crippen LogP contribution in [0.3, 0.4) is 0 Å². The molecular formula is C23H25NO2. The maximum Gasteiger partial charge on any atom is 0.142 e. The van der Waals surface area contributed by atoms with Crippen molar-refractivity contribution in [1.29, 1.82) is 0 Å². The molecule has 3 aromatic carbocycles. The zero-order valence-electron chi connectivity index (χ0n) is 15.3. The quantitative estimate of drug-likeness (QED) is 0.570. The minimum atomic E-state index is 0.151. The predicted octanol–water partition coefficient (Wildman–Crippen LogP) is 5.66. The summed E-state index contributed by atoms with van der Waals surface area (Å²) in [5.41, 5.74) is 3.25. The minimum Gasteiger partial charge on any atom is -0.491 e. The zero-order valence-corrected chi connectivity index (χ0v) is 15.3. The van der Waals surface area contributed by atoms with Gasteiger partial charge in [-0.25, -0.2) is 0 Å². The van der Waals surface area contributed by atoms with Crippen LogP contribution in [-0.2, 0) is 13.2 Å². The molecule has 0 aliphatic rings. The Morgan fingerprint density at radius 1 is 0.769 bits per heavy atom. The van der Waals surface area contributed by atoms with E-state index in [1.807, 2.05) is 74.5 Å². The summed E-state index contributed by atoms with van der Waals surface area (Å²) in [7, 11) is 0. The molecule has 0 aromatic heterocycles. The normalized spacial score (nSPS) is 10.6. The molecule has 0 atom stereocenters. The fraction of sp³-hybridized carbons (Fsp3) is 0.217. The van der Waals surface area contributed by atoms with Crippen LogP contribution >= 0.6 is 0 Å². The first-order valence-corrected chi connectivity index (χ1v) is 8.96. The molecule has 26 heavy (non-hydrogen) atoms. The molecule has 3 rings (SSSR count). The van der Waals surface area contributed by atoms with Gasteiger partial charge in [0.15, 0.2) is 0 Å². The molecule has 0 aliphatic heterocycles. The third kappa shape index (κ3) is 5.03. The van der Waals surface area contributed by atoms with Crippen LogP contribution in [0.1, 0.15) is 25.0 Å². The van der Waals surface area contributed by atoms with Gasteiger partial charge in [-0.15, -0.1) is 0 Å². The van der Waals surface area contributed by atoms with Crippen molar-refractivity contribution in [3.63, 3.8) is 0 Å². The second-order valence-electron chi connectivity index (χ2n) is 6.40. The fourth-order valence-corrected chi connectivity index (χ4v) is 2.68. The Bertz CT molecular complexity index is 815. The van der Waals surface area contributed by atoms with Crippen molar-refractivity contribution in [2.75, 3.05) is 5.32 Å². The minimum absolute atomic E-state index is 0.151. The molecule has 0 radical (unpaired) electrons. The average Bonchev–Trinajstić information content (AvgIpc) is 2.67. The monoisotopic (exact) mass is 347 g/mol. The van der Waals surface area contributed by atoms with Crippen LogP contribution in [0.5, 0.6) is 11.5 Å². The average molecular weight is 347 g/mol. The molecule has 0 fully saturated rings. The van der Waals surface area contributed by atoms with E-state index in [1.165, 1.54) is 0 Å². The number of anilines is 1. The molecular weight excluding hydrogens is 322 g/mol. The van der Waals surface area contributed by atoms with Crippen molar-refractivity contribution in [3.05, 3.63) is 90.0 Å². The highest BCUT2D eigenvalue weighted by Crippen LogP contribution is 2.27. The second kappa shape index (κ2) is 8.95. The fourth-order valence-electron chi connectivity index (χ4n) is 2.68. The first-order valence-electron chi connectivity index (χ1n) is 8.96. The van der Waals surface area contributed by atoms with Gasteiger partial charge in [0.25, 0.3) is 0 Å². The van der Waals surface area contributed by atoms with Gasteiger partial charge in [-0.05, 0) is 37.6 Å². The Balaban J connectivity index is 1.67. The third-order valence-corrected chi connectivity index (χ3v) is 3.93. The van der Waals surface area contributed by atoms with Gasteiger partial charge < -0.3 is 14.8 Å². The van der Waals surface area contributed by atoms with Gasteiger partial charge in [-0.3, -0.25) is 0 Å². The highest BCUT2D eigenvalue weighted by atomic mass is 16.5. The summed E-state index contributed by atoms with van der Waals surface area (Å²) in [6.45, 7) is 5.30. The van der Waals surface area contributed by atoms with E-state index in [-0.39, 0.29) is 6.10 Å². The third-order valence-electron chi connectivity index (χ3n) is 3.93. The van der Waals surface area contributed by atoms with Crippen molar-refractivity contribution >= 4 is 5.69 Å². The maximum atomic E-state index is 6.01. The van der Waals surface area contributed by atoms with Gasteiger partial charge in [0.05, 0.1) is 11.8 Å². The van der Waals surface area contributed by atoms with Crippen LogP contribution in [0.25, 0.3) is 0 Å². The standard InChI is InChI=1S/C23H25NO2/c1-18(2)26-22-14-8-6-12-20(22)16-24-21-13-7-9-15-23(21)25-17-19-10-4-3-5-11-19/h3-15,18,24H,16-17H2,1-2H3. The summed E-state index contributed by atoms with van der Waals surface area (Å²) in [5, 5.41) is 3.47. The topological polar surface area (TPSA) is 30.5 Å². The van der Waals surface area contributed by atoms with Crippen molar-refractivity contribution in [1.82, 2.24) is 0 Å². The van der Waals surface area contributed by atoms with Gasteiger partial charge >= 0.3 is 0 Å². The molecule has 3 heteroatoms. The molecule has 1 N–H and O–H groups in total. The number of benzene rings is 3. The van der Waals surface area contributed by atoms with E-state index in [2.05, 4.69) is 23.5 Å². The zero-order chi connectivity index (χ0) is 18.2. The van der Waals surface area contributed by atoms with Gasteiger partial charge in [0.1, 0.15) is 18.1 Å². The summed E-state index contributed by atoms with van der Waals surface area (Å²) in [4.78, 5) is 0. The van der Waals surface area contributed by atoms with Crippen molar-refractivity contribution in [3.8, 4) is 11.5 Å². The molecule has 0 amide bonds. The highest BCUT2D eigenvalue weighted by molar-refractivity contribution is 5.56. The molecule has 0 heterocycles. The van der Waals surface area contributed by atoms with Crippen LogP contribution in [0.4, 0.5) is 5.69 Å². The predicted molar refractivity (Wildman–Crippen MR) is 107 cm³/mol. The van der Waals surface area contributed by atoms with E-state index in [0.29, 0.717) is 13.2 Å². The number of ether oxygens (including phenoxy) is 2. The van der Waals surface area contributed by atoms with Crippen LogP contribution in [0, 0.1) is 0 Å². The first-order chi connectivity index (χ1) is 12.7. The lowest BCUT2D eigenvalue weighted by atomic mass is 10.2. The molecule has 0 unspecified atom stereocenters. The lowest BCUT2D eigenvalue weighted by Crippen LogP contribution is -2.09. The molecule has 0 bridgehead atoms. The second-order valence-corrected chi connectivity index (χ2v) is 6.40.